The molecule has 0 aliphatic heterocycles. The summed E-state index contributed by atoms with van der Waals surface area (Å²) in [7, 11) is 0. The monoisotopic (exact) mass is 190 g/mol. The van der Waals surface area contributed by atoms with Crippen LogP contribution in [-0.4, -0.2) is 0 Å². The summed E-state index contributed by atoms with van der Waals surface area (Å²) in [4.78, 5) is 0. The van der Waals surface area contributed by atoms with E-state index in [9.17, 15) is 0 Å². The molecule has 0 amide bonds. The first kappa shape index (κ1) is 8.19. The molecule has 7 atom stereocenters. The second-order valence-electron chi connectivity index (χ2n) is 6.61. The van der Waals surface area contributed by atoms with Gasteiger partial charge in [-0.1, -0.05) is 19.8 Å². The van der Waals surface area contributed by atoms with Crippen LogP contribution in [0.25, 0.3) is 0 Å². The number of fused-ring (bicyclic) bond motifs is 2. The highest BCUT2D eigenvalue weighted by Crippen LogP contribution is 2.67. The maximum Gasteiger partial charge on any atom is -0.0321 e. The highest BCUT2D eigenvalue weighted by Gasteiger charge is 2.61. The minimum Gasteiger partial charge on any atom is -0.0619 e. The SMILES string of the molecule is CC1C2CCC3CC4CCCC4C1C32. The average Bonchev–Trinajstić information content (AvgIpc) is 2.75. The van der Waals surface area contributed by atoms with Crippen molar-refractivity contribution in [1.29, 1.82) is 0 Å². The maximum atomic E-state index is 2.56. The van der Waals surface area contributed by atoms with E-state index in [1.54, 1.807) is 38.5 Å². The zero-order valence-corrected chi connectivity index (χ0v) is 9.28. The van der Waals surface area contributed by atoms with Gasteiger partial charge in [0, 0.05) is 0 Å². The molecule has 0 spiro atoms. The van der Waals surface area contributed by atoms with Gasteiger partial charge in [-0.25, -0.2) is 0 Å². The van der Waals surface area contributed by atoms with E-state index in [1.165, 1.54) is 35.5 Å². The molecule has 0 aromatic carbocycles. The van der Waals surface area contributed by atoms with Gasteiger partial charge in [0.2, 0.25) is 0 Å². The fourth-order valence-corrected chi connectivity index (χ4v) is 6.05. The van der Waals surface area contributed by atoms with Crippen LogP contribution in [0.3, 0.4) is 0 Å². The number of hydrogen-bond donors (Lipinski definition) is 0. The molecule has 0 heteroatoms. The van der Waals surface area contributed by atoms with Crippen LogP contribution in [0.5, 0.6) is 0 Å². The fraction of sp³-hybridized carbons (Fsp3) is 1.00. The van der Waals surface area contributed by atoms with Crippen molar-refractivity contribution in [1.82, 2.24) is 0 Å². The van der Waals surface area contributed by atoms with Crippen LogP contribution in [0.15, 0.2) is 0 Å². The molecule has 0 aromatic heterocycles. The molecule has 0 heterocycles. The van der Waals surface area contributed by atoms with Gasteiger partial charge in [-0.15, -0.1) is 0 Å². The van der Waals surface area contributed by atoms with Crippen molar-refractivity contribution < 1.29 is 0 Å². The zero-order chi connectivity index (χ0) is 9.28. The highest BCUT2D eigenvalue weighted by atomic mass is 14.7. The van der Waals surface area contributed by atoms with Crippen LogP contribution in [-0.2, 0) is 0 Å². The Morgan fingerprint density at radius 1 is 0.786 bits per heavy atom. The molecule has 4 rings (SSSR count). The summed E-state index contributed by atoms with van der Waals surface area (Å²) in [5.41, 5.74) is 0. The summed E-state index contributed by atoms with van der Waals surface area (Å²) < 4.78 is 0. The van der Waals surface area contributed by atoms with Crippen molar-refractivity contribution >= 4 is 0 Å². The quantitative estimate of drug-likeness (QED) is 0.546. The van der Waals surface area contributed by atoms with Gasteiger partial charge in [-0.2, -0.15) is 0 Å². The van der Waals surface area contributed by atoms with Crippen molar-refractivity contribution in [3.05, 3.63) is 0 Å². The minimum absolute atomic E-state index is 1.11. The highest BCUT2D eigenvalue weighted by molar-refractivity contribution is 5.09. The molecule has 0 saturated heterocycles. The topological polar surface area (TPSA) is 0 Å². The van der Waals surface area contributed by atoms with Crippen molar-refractivity contribution in [3.63, 3.8) is 0 Å². The largest absolute Gasteiger partial charge is 0.0619 e. The predicted molar refractivity (Wildman–Crippen MR) is 57.8 cm³/mol. The molecule has 0 aromatic rings. The zero-order valence-electron chi connectivity index (χ0n) is 9.28. The Morgan fingerprint density at radius 2 is 1.71 bits per heavy atom. The lowest BCUT2D eigenvalue weighted by Crippen LogP contribution is -2.52. The molecular formula is C14H22. The second kappa shape index (κ2) is 2.57. The molecular weight excluding hydrogens is 168 g/mol. The van der Waals surface area contributed by atoms with E-state index in [-0.39, 0.29) is 0 Å². The van der Waals surface area contributed by atoms with Gasteiger partial charge in [0.25, 0.3) is 0 Å². The molecule has 14 heavy (non-hydrogen) atoms. The van der Waals surface area contributed by atoms with Crippen LogP contribution in [0.1, 0.15) is 45.4 Å². The van der Waals surface area contributed by atoms with Crippen molar-refractivity contribution in [2.75, 3.05) is 0 Å². The molecule has 4 saturated carbocycles. The van der Waals surface area contributed by atoms with E-state index in [4.69, 9.17) is 0 Å². The van der Waals surface area contributed by atoms with Crippen LogP contribution in [0, 0.1) is 41.4 Å². The van der Waals surface area contributed by atoms with Crippen LogP contribution in [0.4, 0.5) is 0 Å². The first-order valence-electron chi connectivity index (χ1n) is 6.86. The summed E-state index contributed by atoms with van der Waals surface area (Å²) in [6, 6.07) is 0. The lowest BCUT2D eigenvalue weighted by molar-refractivity contribution is -0.0943. The Kier molecular flexibility index (Phi) is 1.50. The van der Waals surface area contributed by atoms with Gasteiger partial charge < -0.3 is 0 Å². The summed E-state index contributed by atoms with van der Waals surface area (Å²) in [5.74, 6) is 8.21. The van der Waals surface area contributed by atoms with Gasteiger partial charge >= 0.3 is 0 Å². The van der Waals surface area contributed by atoms with Gasteiger partial charge in [-0.05, 0) is 67.1 Å². The van der Waals surface area contributed by atoms with Crippen molar-refractivity contribution in [2.45, 2.75) is 45.4 Å². The third-order valence-electron chi connectivity index (χ3n) is 6.45. The Morgan fingerprint density at radius 3 is 2.64 bits per heavy atom. The van der Waals surface area contributed by atoms with Crippen molar-refractivity contribution in [2.24, 2.45) is 41.4 Å². The molecule has 0 bridgehead atoms. The first-order valence-corrected chi connectivity index (χ1v) is 6.86. The van der Waals surface area contributed by atoms with Crippen LogP contribution in [0.2, 0.25) is 0 Å². The van der Waals surface area contributed by atoms with E-state index in [1.807, 2.05) is 0 Å². The van der Waals surface area contributed by atoms with Gasteiger partial charge in [-0.3, -0.25) is 0 Å². The molecule has 4 fully saturated rings. The molecule has 78 valence electrons. The maximum absolute atomic E-state index is 2.56. The summed E-state index contributed by atoms with van der Waals surface area (Å²) in [6.45, 7) is 2.56. The molecule has 0 N–H and O–H groups in total. The van der Waals surface area contributed by atoms with E-state index in [0.717, 1.165) is 5.92 Å². The second-order valence-corrected chi connectivity index (χ2v) is 6.61. The Labute approximate surface area is 87.5 Å². The Balaban J connectivity index is 1.69. The van der Waals surface area contributed by atoms with E-state index < -0.39 is 0 Å². The summed E-state index contributed by atoms with van der Waals surface area (Å²) in [5, 5.41) is 0. The van der Waals surface area contributed by atoms with Gasteiger partial charge in [0.05, 0.1) is 0 Å². The smallest absolute Gasteiger partial charge is 0.0321 e. The van der Waals surface area contributed by atoms with Gasteiger partial charge in [0.15, 0.2) is 0 Å². The average molecular weight is 190 g/mol. The number of hydrogen-bond acceptors (Lipinski definition) is 0. The molecule has 0 radical (unpaired) electrons. The normalized spacial score (nSPS) is 64.5. The molecule has 7 unspecified atom stereocenters. The lowest BCUT2D eigenvalue weighted by Gasteiger charge is -2.57. The van der Waals surface area contributed by atoms with E-state index in [0.29, 0.717) is 0 Å². The summed E-state index contributed by atoms with van der Waals surface area (Å²) >= 11 is 0. The Bertz CT molecular complexity index is 251. The first-order chi connectivity index (χ1) is 6.86. The number of rotatable bonds is 0. The molecule has 0 nitrogen and oxygen atoms in total. The van der Waals surface area contributed by atoms with E-state index >= 15 is 0 Å². The third kappa shape index (κ3) is 0.785. The van der Waals surface area contributed by atoms with Gasteiger partial charge in [0.1, 0.15) is 0 Å². The predicted octanol–water partition coefficient (Wildman–Crippen LogP) is 3.71. The Hall–Kier alpha value is 0. The van der Waals surface area contributed by atoms with Crippen LogP contribution >= 0.6 is 0 Å². The van der Waals surface area contributed by atoms with Crippen molar-refractivity contribution in [3.8, 4) is 0 Å². The summed E-state index contributed by atoms with van der Waals surface area (Å²) in [6.07, 6.45) is 9.56. The standard InChI is InChI=1S/C14H22/c1-8-11-6-5-10-7-9-3-2-4-12(9)13(8)14(10)11/h8-14H,2-7H2,1H3. The fourth-order valence-electron chi connectivity index (χ4n) is 6.05. The third-order valence-corrected chi connectivity index (χ3v) is 6.45. The van der Waals surface area contributed by atoms with E-state index in [2.05, 4.69) is 6.92 Å². The van der Waals surface area contributed by atoms with Crippen LogP contribution < -0.4 is 0 Å². The minimum atomic E-state index is 1.11. The molecule has 4 aliphatic rings. The lowest BCUT2D eigenvalue weighted by atomic mass is 9.48. The molecule has 4 aliphatic carbocycles.